The number of unbranched alkanes of at least 4 members (excludes halogenated alkanes) is 1. The lowest BCUT2D eigenvalue weighted by molar-refractivity contribution is -0.155. The summed E-state index contributed by atoms with van der Waals surface area (Å²) in [5.74, 6) is 0.150. The lowest BCUT2D eigenvalue weighted by Crippen LogP contribution is -2.63. The topological polar surface area (TPSA) is 66.6 Å². The predicted octanol–water partition coefficient (Wildman–Crippen LogP) is 0.0987. The van der Waals surface area contributed by atoms with Gasteiger partial charge in [-0.05, 0) is 25.8 Å². The molecule has 1 rings (SSSR count). The Balaban J connectivity index is 2.16. The molecule has 14 heavy (non-hydrogen) atoms. The van der Waals surface area contributed by atoms with Gasteiger partial charge in [0.05, 0.1) is 18.7 Å². The van der Waals surface area contributed by atoms with Crippen LogP contribution in [0.1, 0.15) is 32.6 Å². The fourth-order valence-corrected chi connectivity index (χ4v) is 1.64. The molecule has 0 spiro atoms. The zero-order valence-electron chi connectivity index (χ0n) is 8.83. The highest BCUT2D eigenvalue weighted by Crippen LogP contribution is 2.24. The summed E-state index contributed by atoms with van der Waals surface area (Å²) in [6.45, 7) is 3.60. The minimum atomic E-state index is -0.608. The van der Waals surface area contributed by atoms with E-state index < -0.39 is 5.60 Å². The second-order valence-electron chi connectivity index (χ2n) is 4.07. The zero-order chi connectivity index (χ0) is 10.6. The van der Waals surface area contributed by atoms with Crippen molar-refractivity contribution in [3.8, 4) is 0 Å². The number of aliphatic hydroxyl groups is 1. The molecule has 0 aromatic carbocycles. The fraction of sp³-hybridized carbons (Fsp3) is 0.900. The fourth-order valence-electron chi connectivity index (χ4n) is 1.64. The van der Waals surface area contributed by atoms with Crippen LogP contribution in [0.4, 0.5) is 0 Å². The van der Waals surface area contributed by atoms with Crippen LogP contribution in [-0.4, -0.2) is 41.1 Å². The molecule has 3 N–H and O–H groups in total. The van der Waals surface area contributed by atoms with Crippen molar-refractivity contribution in [1.82, 2.24) is 4.90 Å². The van der Waals surface area contributed by atoms with Crippen LogP contribution < -0.4 is 5.73 Å². The highest BCUT2D eigenvalue weighted by Gasteiger charge is 2.41. The average molecular weight is 200 g/mol. The number of carbonyl (C=O) groups excluding carboxylic acids is 1. The summed E-state index contributed by atoms with van der Waals surface area (Å²) in [7, 11) is 0. The molecule has 4 heteroatoms. The number of likely N-dealkylation sites (tertiary alicyclic amines) is 1. The van der Waals surface area contributed by atoms with Gasteiger partial charge in [-0.3, -0.25) is 4.79 Å². The largest absolute Gasteiger partial charge is 0.386 e. The molecule has 1 saturated heterocycles. The molecule has 1 fully saturated rings. The normalized spacial score (nSPS) is 19.2. The van der Waals surface area contributed by atoms with Crippen molar-refractivity contribution in [3.63, 3.8) is 0 Å². The van der Waals surface area contributed by atoms with Crippen molar-refractivity contribution in [2.24, 2.45) is 5.73 Å². The molecule has 1 aliphatic rings. The first-order valence-corrected chi connectivity index (χ1v) is 5.31. The van der Waals surface area contributed by atoms with Crippen molar-refractivity contribution in [1.29, 1.82) is 0 Å². The number of rotatable bonds is 5. The van der Waals surface area contributed by atoms with Crippen LogP contribution in [0.25, 0.3) is 0 Å². The SMILES string of the molecule is CCC1(O)CN(C(=O)CCCCN)C1. The van der Waals surface area contributed by atoms with E-state index in [4.69, 9.17) is 5.73 Å². The van der Waals surface area contributed by atoms with Gasteiger partial charge in [0.1, 0.15) is 0 Å². The molecule has 0 saturated carbocycles. The van der Waals surface area contributed by atoms with E-state index >= 15 is 0 Å². The van der Waals surface area contributed by atoms with Gasteiger partial charge in [-0.25, -0.2) is 0 Å². The van der Waals surface area contributed by atoms with Gasteiger partial charge in [0.15, 0.2) is 0 Å². The maximum atomic E-state index is 11.5. The Morgan fingerprint density at radius 3 is 2.64 bits per heavy atom. The Morgan fingerprint density at radius 2 is 2.14 bits per heavy atom. The van der Waals surface area contributed by atoms with Crippen molar-refractivity contribution < 1.29 is 9.90 Å². The van der Waals surface area contributed by atoms with E-state index in [2.05, 4.69) is 0 Å². The molecule has 0 unspecified atom stereocenters. The van der Waals surface area contributed by atoms with Gasteiger partial charge in [-0.1, -0.05) is 6.92 Å². The van der Waals surface area contributed by atoms with E-state index in [0.717, 1.165) is 19.3 Å². The van der Waals surface area contributed by atoms with Crippen LogP contribution in [0.15, 0.2) is 0 Å². The van der Waals surface area contributed by atoms with Crippen LogP contribution in [0.2, 0.25) is 0 Å². The van der Waals surface area contributed by atoms with E-state index in [9.17, 15) is 9.90 Å². The first kappa shape index (κ1) is 11.5. The Labute approximate surface area is 85.1 Å². The highest BCUT2D eigenvalue weighted by molar-refractivity contribution is 5.77. The summed E-state index contributed by atoms with van der Waals surface area (Å²) in [5, 5.41) is 9.70. The molecule has 0 aliphatic carbocycles. The minimum absolute atomic E-state index is 0.150. The molecule has 1 aliphatic heterocycles. The molecular weight excluding hydrogens is 180 g/mol. The Bertz CT molecular complexity index is 200. The van der Waals surface area contributed by atoms with Gasteiger partial charge >= 0.3 is 0 Å². The molecule has 0 radical (unpaired) electrons. The summed E-state index contributed by atoms with van der Waals surface area (Å²) in [4.78, 5) is 13.2. The molecule has 82 valence electrons. The highest BCUT2D eigenvalue weighted by atomic mass is 16.3. The Hall–Kier alpha value is -0.610. The summed E-state index contributed by atoms with van der Waals surface area (Å²) < 4.78 is 0. The van der Waals surface area contributed by atoms with Gasteiger partial charge in [-0.2, -0.15) is 0 Å². The molecule has 0 atom stereocenters. The van der Waals surface area contributed by atoms with Crippen LogP contribution in [0.3, 0.4) is 0 Å². The number of amides is 1. The van der Waals surface area contributed by atoms with Crippen LogP contribution >= 0.6 is 0 Å². The number of hydrogen-bond donors (Lipinski definition) is 2. The molecule has 4 nitrogen and oxygen atoms in total. The summed E-state index contributed by atoms with van der Waals surface area (Å²) in [6, 6.07) is 0. The minimum Gasteiger partial charge on any atom is -0.386 e. The number of carbonyl (C=O) groups is 1. The quantitative estimate of drug-likeness (QED) is 0.618. The van der Waals surface area contributed by atoms with Gasteiger partial charge in [0.2, 0.25) is 5.91 Å². The van der Waals surface area contributed by atoms with E-state index in [0.29, 0.717) is 26.1 Å². The van der Waals surface area contributed by atoms with Crippen molar-refractivity contribution in [3.05, 3.63) is 0 Å². The van der Waals surface area contributed by atoms with Crippen LogP contribution in [-0.2, 0) is 4.79 Å². The molecule has 0 aromatic rings. The van der Waals surface area contributed by atoms with E-state index in [1.54, 1.807) is 4.90 Å². The first-order chi connectivity index (χ1) is 6.61. The van der Waals surface area contributed by atoms with E-state index in [-0.39, 0.29) is 5.91 Å². The smallest absolute Gasteiger partial charge is 0.222 e. The maximum absolute atomic E-state index is 11.5. The molecular formula is C10H20N2O2. The molecule has 1 amide bonds. The van der Waals surface area contributed by atoms with E-state index in [1.165, 1.54) is 0 Å². The number of β-amino-alcohol motifs (C(OH)–C–C–N with tert-alkyl or cyclic N) is 1. The van der Waals surface area contributed by atoms with E-state index in [1.807, 2.05) is 6.92 Å². The monoisotopic (exact) mass is 200 g/mol. The third-order valence-corrected chi connectivity index (χ3v) is 2.83. The van der Waals surface area contributed by atoms with Crippen LogP contribution in [0, 0.1) is 0 Å². The third kappa shape index (κ3) is 2.69. The second kappa shape index (κ2) is 4.75. The van der Waals surface area contributed by atoms with Gasteiger partial charge < -0.3 is 15.7 Å². The first-order valence-electron chi connectivity index (χ1n) is 5.31. The van der Waals surface area contributed by atoms with Gasteiger partial charge in [0.25, 0.3) is 0 Å². The zero-order valence-corrected chi connectivity index (χ0v) is 8.83. The average Bonchev–Trinajstić information content (AvgIpc) is 2.13. The Kier molecular flexibility index (Phi) is 3.89. The number of nitrogens with two attached hydrogens (primary N) is 1. The lowest BCUT2D eigenvalue weighted by atomic mass is 9.91. The number of hydrogen-bond acceptors (Lipinski definition) is 3. The third-order valence-electron chi connectivity index (χ3n) is 2.83. The number of nitrogens with zero attached hydrogens (tertiary/aromatic N) is 1. The van der Waals surface area contributed by atoms with Crippen LogP contribution in [0.5, 0.6) is 0 Å². The predicted molar refractivity (Wildman–Crippen MR) is 54.7 cm³/mol. The van der Waals surface area contributed by atoms with Crippen molar-refractivity contribution in [2.45, 2.75) is 38.2 Å². The van der Waals surface area contributed by atoms with Gasteiger partial charge in [0, 0.05) is 6.42 Å². The standard InChI is InChI=1S/C10H20N2O2/c1-2-10(14)7-12(8-10)9(13)5-3-4-6-11/h14H,2-8,11H2,1H3. The van der Waals surface area contributed by atoms with Gasteiger partial charge in [-0.15, -0.1) is 0 Å². The molecule has 0 bridgehead atoms. The summed E-state index contributed by atoms with van der Waals surface area (Å²) in [6.07, 6.45) is 3.05. The summed E-state index contributed by atoms with van der Waals surface area (Å²) >= 11 is 0. The molecule has 0 aromatic heterocycles. The Morgan fingerprint density at radius 1 is 1.50 bits per heavy atom. The lowest BCUT2D eigenvalue weighted by Gasteiger charge is -2.46. The summed E-state index contributed by atoms with van der Waals surface area (Å²) in [5.41, 5.74) is 4.73. The molecule has 1 heterocycles. The van der Waals surface area contributed by atoms with Crippen molar-refractivity contribution in [2.75, 3.05) is 19.6 Å². The van der Waals surface area contributed by atoms with Crippen molar-refractivity contribution >= 4 is 5.91 Å². The maximum Gasteiger partial charge on any atom is 0.222 e. The second-order valence-corrected chi connectivity index (χ2v) is 4.07.